The van der Waals surface area contributed by atoms with Crippen molar-refractivity contribution < 1.29 is 14.3 Å². The summed E-state index contributed by atoms with van der Waals surface area (Å²) in [4.78, 5) is 27.1. The van der Waals surface area contributed by atoms with Gasteiger partial charge in [-0.05, 0) is 32.4 Å². The number of alkyl carbamates (subject to hydrolysis) is 1. The second kappa shape index (κ2) is 7.01. The maximum atomic E-state index is 11.6. The number of nitrogens with two attached hydrogens (primary N) is 1. The molecular weight excluding hydrogens is 260 g/mol. The van der Waals surface area contributed by atoms with Crippen LogP contribution in [0.4, 0.5) is 4.79 Å². The molecule has 2 amide bonds. The van der Waals surface area contributed by atoms with Crippen molar-refractivity contribution in [3.05, 3.63) is 0 Å². The van der Waals surface area contributed by atoms with Crippen LogP contribution in [0.15, 0.2) is 0 Å². The Labute approximate surface area is 119 Å². The van der Waals surface area contributed by atoms with Gasteiger partial charge in [0.15, 0.2) is 0 Å². The van der Waals surface area contributed by atoms with E-state index < -0.39 is 6.09 Å². The predicted octanol–water partition coefficient (Wildman–Crippen LogP) is -0.634. The van der Waals surface area contributed by atoms with E-state index in [1.54, 1.807) is 0 Å². The lowest BCUT2D eigenvalue weighted by atomic mass is 10.0. The van der Waals surface area contributed by atoms with Crippen LogP contribution in [0.3, 0.4) is 0 Å². The van der Waals surface area contributed by atoms with E-state index in [-0.39, 0.29) is 12.5 Å². The fraction of sp³-hybridized carbons (Fsp3) is 0.846. The lowest BCUT2D eigenvalue weighted by Gasteiger charge is -2.34. The van der Waals surface area contributed by atoms with Crippen molar-refractivity contribution in [2.45, 2.75) is 31.3 Å². The average Bonchev–Trinajstić information content (AvgIpc) is 2.87. The highest BCUT2D eigenvalue weighted by Gasteiger charge is 2.30. The number of nitrogens with zero attached hydrogens (tertiary/aromatic N) is 2. The molecule has 0 radical (unpaired) electrons. The molecule has 2 aliphatic heterocycles. The van der Waals surface area contributed by atoms with Crippen molar-refractivity contribution >= 4 is 12.0 Å². The number of imide groups is 1. The van der Waals surface area contributed by atoms with E-state index in [0.717, 1.165) is 45.4 Å². The number of ether oxygens (including phenoxy) is 1. The topological polar surface area (TPSA) is 87.9 Å². The first-order valence-corrected chi connectivity index (χ1v) is 7.18. The molecule has 2 fully saturated rings. The molecule has 2 heterocycles. The van der Waals surface area contributed by atoms with E-state index in [4.69, 9.17) is 5.73 Å². The van der Waals surface area contributed by atoms with Crippen LogP contribution in [-0.4, -0.2) is 73.7 Å². The second-order valence-corrected chi connectivity index (χ2v) is 5.59. The number of hydrogen-bond donors (Lipinski definition) is 2. The number of rotatable bonds is 3. The Bertz CT molecular complexity index is 356. The number of amides is 2. The minimum atomic E-state index is -0.698. The molecule has 1 unspecified atom stereocenters. The lowest BCUT2D eigenvalue weighted by molar-refractivity contribution is -0.121. The molecule has 1 atom stereocenters. The van der Waals surface area contributed by atoms with Crippen LogP contribution in [-0.2, 0) is 9.53 Å². The normalized spacial score (nSPS) is 25.6. The lowest BCUT2D eigenvalue weighted by Crippen LogP contribution is -2.46. The maximum Gasteiger partial charge on any atom is 0.413 e. The first-order chi connectivity index (χ1) is 9.58. The number of hydrogen-bond acceptors (Lipinski definition) is 6. The fourth-order valence-electron chi connectivity index (χ4n) is 2.95. The van der Waals surface area contributed by atoms with Gasteiger partial charge in [0.2, 0.25) is 5.91 Å². The largest absolute Gasteiger partial charge is 0.453 e. The Hall–Kier alpha value is -1.18. The van der Waals surface area contributed by atoms with Crippen LogP contribution >= 0.6 is 0 Å². The van der Waals surface area contributed by atoms with Gasteiger partial charge >= 0.3 is 6.09 Å². The molecule has 0 saturated carbocycles. The molecule has 2 aliphatic rings. The Morgan fingerprint density at radius 2 is 1.95 bits per heavy atom. The van der Waals surface area contributed by atoms with E-state index in [2.05, 4.69) is 19.9 Å². The van der Waals surface area contributed by atoms with E-state index in [9.17, 15) is 9.59 Å². The summed E-state index contributed by atoms with van der Waals surface area (Å²) in [6, 6.07) is 0.850. The second-order valence-electron chi connectivity index (χ2n) is 5.59. The van der Waals surface area contributed by atoms with Gasteiger partial charge in [-0.3, -0.25) is 19.9 Å². The number of nitrogens with one attached hydrogen (secondary N) is 1. The minimum Gasteiger partial charge on any atom is -0.453 e. The molecule has 3 N–H and O–H groups in total. The van der Waals surface area contributed by atoms with Gasteiger partial charge in [0.05, 0.1) is 13.7 Å². The predicted molar refractivity (Wildman–Crippen MR) is 74.2 cm³/mol. The number of likely N-dealkylation sites (tertiary alicyclic amines) is 2. The molecule has 0 spiro atoms. The van der Waals surface area contributed by atoms with Gasteiger partial charge in [-0.1, -0.05) is 0 Å². The number of piperidine rings is 1. The van der Waals surface area contributed by atoms with Gasteiger partial charge in [-0.2, -0.15) is 0 Å². The Kier molecular flexibility index (Phi) is 5.33. The molecule has 0 bridgehead atoms. The zero-order valence-electron chi connectivity index (χ0n) is 12.0. The zero-order chi connectivity index (χ0) is 14.5. The van der Waals surface area contributed by atoms with Gasteiger partial charge in [0.25, 0.3) is 0 Å². The van der Waals surface area contributed by atoms with Crippen LogP contribution in [0.25, 0.3) is 0 Å². The van der Waals surface area contributed by atoms with Crippen molar-refractivity contribution in [3.63, 3.8) is 0 Å². The maximum absolute atomic E-state index is 11.6. The number of carbonyl (C=O) groups excluding carboxylic acids is 2. The SMILES string of the molecule is COC(=O)NC(=O)CN1CCC(N2CCC(N)CC2)C1. The molecule has 7 nitrogen and oxygen atoms in total. The summed E-state index contributed by atoms with van der Waals surface area (Å²) in [5.74, 6) is -0.307. The highest BCUT2D eigenvalue weighted by atomic mass is 16.5. The number of methoxy groups -OCH3 is 1. The summed E-state index contributed by atoms with van der Waals surface area (Å²) >= 11 is 0. The average molecular weight is 284 g/mol. The first kappa shape index (κ1) is 15.2. The first-order valence-electron chi connectivity index (χ1n) is 7.18. The van der Waals surface area contributed by atoms with Crippen molar-refractivity contribution in [2.75, 3.05) is 39.8 Å². The van der Waals surface area contributed by atoms with Gasteiger partial charge in [-0.25, -0.2) is 4.79 Å². The van der Waals surface area contributed by atoms with Gasteiger partial charge in [-0.15, -0.1) is 0 Å². The van der Waals surface area contributed by atoms with Crippen LogP contribution < -0.4 is 11.1 Å². The third-order valence-electron chi connectivity index (χ3n) is 4.13. The van der Waals surface area contributed by atoms with E-state index in [0.29, 0.717) is 12.1 Å². The summed E-state index contributed by atoms with van der Waals surface area (Å²) < 4.78 is 4.40. The van der Waals surface area contributed by atoms with Crippen LogP contribution in [0, 0.1) is 0 Å². The Balaban J connectivity index is 1.72. The van der Waals surface area contributed by atoms with Crippen molar-refractivity contribution in [2.24, 2.45) is 5.73 Å². The Morgan fingerprint density at radius 3 is 2.60 bits per heavy atom. The fourth-order valence-corrected chi connectivity index (χ4v) is 2.95. The summed E-state index contributed by atoms with van der Waals surface area (Å²) in [6.45, 7) is 4.12. The molecule has 114 valence electrons. The smallest absolute Gasteiger partial charge is 0.413 e. The molecule has 0 aromatic rings. The quantitative estimate of drug-likeness (QED) is 0.717. The molecule has 0 aromatic heterocycles. The monoisotopic (exact) mass is 284 g/mol. The zero-order valence-corrected chi connectivity index (χ0v) is 12.0. The van der Waals surface area contributed by atoms with Crippen molar-refractivity contribution in [1.29, 1.82) is 0 Å². The van der Waals surface area contributed by atoms with E-state index >= 15 is 0 Å². The minimum absolute atomic E-state index is 0.249. The van der Waals surface area contributed by atoms with Gasteiger partial charge < -0.3 is 10.5 Å². The van der Waals surface area contributed by atoms with Crippen LogP contribution in [0.1, 0.15) is 19.3 Å². The molecule has 2 saturated heterocycles. The molecule has 0 aliphatic carbocycles. The molecule has 0 aromatic carbocycles. The molecule has 2 rings (SSSR count). The number of carbonyl (C=O) groups is 2. The third kappa shape index (κ3) is 4.16. The molecule has 20 heavy (non-hydrogen) atoms. The van der Waals surface area contributed by atoms with Crippen molar-refractivity contribution in [1.82, 2.24) is 15.1 Å². The van der Waals surface area contributed by atoms with Crippen LogP contribution in [0.2, 0.25) is 0 Å². The van der Waals surface area contributed by atoms with Crippen molar-refractivity contribution in [3.8, 4) is 0 Å². The summed E-state index contributed by atoms with van der Waals surface area (Å²) in [5, 5.41) is 2.18. The van der Waals surface area contributed by atoms with Gasteiger partial charge in [0, 0.05) is 25.2 Å². The highest BCUT2D eigenvalue weighted by Crippen LogP contribution is 2.19. The van der Waals surface area contributed by atoms with Gasteiger partial charge in [0.1, 0.15) is 0 Å². The standard InChI is InChI=1S/C13H24N4O3/c1-20-13(19)15-12(18)9-16-5-4-11(8-16)17-6-2-10(14)3-7-17/h10-11H,2-9,14H2,1H3,(H,15,18,19). The summed E-state index contributed by atoms with van der Waals surface area (Å²) in [7, 11) is 1.25. The van der Waals surface area contributed by atoms with Crippen LogP contribution in [0.5, 0.6) is 0 Å². The molecular formula is C13H24N4O3. The molecule has 7 heteroatoms. The Morgan fingerprint density at radius 1 is 1.25 bits per heavy atom. The third-order valence-corrected chi connectivity index (χ3v) is 4.13. The van der Waals surface area contributed by atoms with E-state index in [1.165, 1.54) is 7.11 Å². The van der Waals surface area contributed by atoms with E-state index in [1.807, 2.05) is 0 Å². The highest BCUT2D eigenvalue weighted by molar-refractivity contribution is 5.92. The summed E-state index contributed by atoms with van der Waals surface area (Å²) in [5.41, 5.74) is 5.91. The summed E-state index contributed by atoms with van der Waals surface area (Å²) in [6.07, 6.45) is 2.48.